The third-order valence-corrected chi connectivity index (χ3v) is 4.24. The molecule has 1 aliphatic carbocycles. The normalized spacial score (nSPS) is 54.0. The molecule has 3 rings (SSSR count). The van der Waals surface area contributed by atoms with Gasteiger partial charge in [-0.2, -0.15) is 10.1 Å². The molecular weight excluding hydrogens is 208 g/mol. The first-order chi connectivity index (χ1) is 7.44. The summed E-state index contributed by atoms with van der Waals surface area (Å²) < 4.78 is 0. The highest BCUT2D eigenvalue weighted by molar-refractivity contribution is 5.04. The molecule has 0 bridgehead atoms. The van der Waals surface area contributed by atoms with Crippen LogP contribution in [0.3, 0.4) is 0 Å². The fraction of sp³-hybridized carbons (Fsp3) is 1.00. The summed E-state index contributed by atoms with van der Waals surface area (Å²) in [4.78, 5) is 5.60. The molecule has 1 saturated carbocycles. The minimum atomic E-state index is -1.15. The van der Waals surface area contributed by atoms with Crippen molar-refractivity contribution in [3.63, 3.8) is 0 Å². The van der Waals surface area contributed by atoms with Crippen molar-refractivity contribution in [3.8, 4) is 0 Å². The molecule has 0 radical (unpaired) electrons. The van der Waals surface area contributed by atoms with Crippen LogP contribution in [0.25, 0.3) is 0 Å². The van der Waals surface area contributed by atoms with Crippen LogP contribution in [-0.4, -0.2) is 44.0 Å². The van der Waals surface area contributed by atoms with E-state index in [1.165, 1.54) is 17.9 Å². The molecule has 4 atom stereocenters. The van der Waals surface area contributed by atoms with Crippen LogP contribution in [0.15, 0.2) is 0 Å². The van der Waals surface area contributed by atoms with E-state index in [1.54, 1.807) is 6.92 Å². The largest absolute Gasteiger partial charge is 0.364 e. The molecule has 92 valence electrons. The molecule has 5 nitrogen and oxygen atoms in total. The maximum atomic E-state index is 10.3. The van der Waals surface area contributed by atoms with Crippen molar-refractivity contribution in [1.29, 1.82) is 0 Å². The van der Waals surface area contributed by atoms with Gasteiger partial charge in [0.05, 0.1) is 12.1 Å². The highest BCUT2D eigenvalue weighted by Crippen LogP contribution is 2.49. The summed E-state index contributed by atoms with van der Waals surface area (Å²) in [5.41, 5.74) is -0.566. The maximum absolute atomic E-state index is 10.3. The number of nitrogens with zero attached hydrogens (tertiary/aromatic N) is 2. The molecule has 3 aliphatic rings. The second-order valence-electron chi connectivity index (χ2n) is 5.75. The molecule has 0 aromatic heterocycles. The number of hydrogen-bond acceptors (Lipinski definition) is 5. The average Bonchev–Trinajstić information content (AvgIpc) is 2.57. The Bertz CT molecular complexity index is 310. The summed E-state index contributed by atoms with van der Waals surface area (Å²) in [6.07, 6.45) is 4.81. The summed E-state index contributed by atoms with van der Waals surface area (Å²) in [7, 11) is 0. The van der Waals surface area contributed by atoms with E-state index in [2.05, 4.69) is 0 Å². The van der Waals surface area contributed by atoms with Gasteiger partial charge in [0, 0.05) is 6.42 Å². The van der Waals surface area contributed by atoms with Crippen LogP contribution >= 0.6 is 0 Å². The Kier molecular flexibility index (Phi) is 2.17. The van der Waals surface area contributed by atoms with E-state index in [-0.39, 0.29) is 12.1 Å². The van der Waals surface area contributed by atoms with Gasteiger partial charge < -0.3 is 10.3 Å². The standard InChI is InChI=1S/C11H20N2O3/c1-10-7-11(2,14)16-13(10)9-6-4-3-5-8(9)12(10)15/h8-9,14-15H,3-7H2,1-2H3/t8-,9+,10+,11+/m0/s1. The molecule has 2 N–H and O–H groups in total. The lowest BCUT2D eigenvalue weighted by Gasteiger charge is -2.32. The first-order valence-electron chi connectivity index (χ1n) is 6.13. The van der Waals surface area contributed by atoms with Crippen LogP contribution in [0.2, 0.25) is 0 Å². The predicted molar refractivity (Wildman–Crippen MR) is 56.2 cm³/mol. The van der Waals surface area contributed by atoms with Gasteiger partial charge in [-0.1, -0.05) is 12.8 Å². The Hall–Kier alpha value is -0.200. The quantitative estimate of drug-likeness (QED) is 0.649. The van der Waals surface area contributed by atoms with Gasteiger partial charge in [0.25, 0.3) is 0 Å². The van der Waals surface area contributed by atoms with Gasteiger partial charge >= 0.3 is 0 Å². The van der Waals surface area contributed by atoms with Crippen molar-refractivity contribution in [3.05, 3.63) is 0 Å². The lowest BCUT2D eigenvalue weighted by atomic mass is 9.91. The Labute approximate surface area is 95.5 Å². The highest BCUT2D eigenvalue weighted by Gasteiger charge is 2.63. The minimum absolute atomic E-state index is 0.162. The van der Waals surface area contributed by atoms with Crippen LogP contribution in [0.5, 0.6) is 0 Å². The van der Waals surface area contributed by atoms with Crippen LogP contribution in [0, 0.1) is 0 Å². The topological polar surface area (TPSA) is 56.2 Å². The molecule has 2 heterocycles. The van der Waals surface area contributed by atoms with E-state index in [4.69, 9.17) is 4.84 Å². The minimum Gasteiger partial charge on any atom is -0.364 e. The zero-order valence-corrected chi connectivity index (χ0v) is 9.89. The lowest BCUT2D eigenvalue weighted by Crippen LogP contribution is -2.47. The van der Waals surface area contributed by atoms with Crippen LogP contribution in [0.4, 0.5) is 0 Å². The van der Waals surface area contributed by atoms with E-state index in [0.717, 1.165) is 12.8 Å². The molecule has 2 aliphatic heterocycles. The second kappa shape index (κ2) is 3.17. The second-order valence-corrected chi connectivity index (χ2v) is 5.75. The molecule has 0 spiro atoms. The Morgan fingerprint density at radius 2 is 1.81 bits per heavy atom. The molecule has 3 fully saturated rings. The van der Waals surface area contributed by atoms with Crippen molar-refractivity contribution < 1.29 is 15.2 Å². The third kappa shape index (κ3) is 1.29. The van der Waals surface area contributed by atoms with Gasteiger partial charge in [0.1, 0.15) is 5.66 Å². The first-order valence-corrected chi connectivity index (χ1v) is 6.13. The van der Waals surface area contributed by atoms with Gasteiger partial charge in [-0.25, -0.2) is 0 Å². The monoisotopic (exact) mass is 228 g/mol. The molecule has 0 aromatic carbocycles. The van der Waals surface area contributed by atoms with E-state index in [0.29, 0.717) is 6.42 Å². The fourth-order valence-corrected chi connectivity index (χ4v) is 3.66. The summed E-state index contributed by atoms with van der Waals surface area (Å²) in [6.45, 7) is 3.59. The SMILES string of the molecule is C[C@]12C[C@](C)(O)ON1[C@@H]1CCCC[C@@H]1N2O. The number of rotatable bonds is 0. The van der Waals surface area contributed by atoms with E-state index in [9.17, 15) is 10.3 Å². The Balaban J connectivity index is 1.93. The zero-order chi connectivity index (χ0) is 11.6. The Morgan fingerprint density at radius 3 is 2.50 bits per heavy atom. The molecular formula is C11H20N2O3. The van der Waals surface area contributed by atoms with Crippen molar-refractivity contribution >= 4 is 0 Å². The molecule has 0 aromatic rings. The predicted octanol–water partition coefficient (Wildman–Crippen LogP) is 1.06. The third-order valence-electron chi connectivity index (χ3n) is 4.24. The van der Waals surface area contributed by atoms with Gasteiger partial charge in [-0.3, -0.25) is 4.84 Å². The van der Waals surface area contributed by atoms with Gasteiger partial charge in [-0.05, 0) is 26.7 Å². The number of hydroxylamine groups is 4. The van der Waals surface area contributed by atoms with Gasteiger partial charge in [-0.15, -0.1) is 0 Å². The summed E-state index contributed by atoms with van der Waals surface area (Å²) >= 11 is 0. The summed E-state index contributed by atoms with van der Waals surface area (Å²) in [6, 6.07) is 0.382. The van der Waals surface area contributed by atoms with E-state index in [1.807, 2.05) is 12.0 Å². The summed E-state index contributed by atoms with van der Waals surface area (Å²) in [5, 5.41) is 23.5. The molecule has 2 saturated heterocycles. The smallest absolute Gasteiger partial charge is 0.185 e. The molecule has 16 heavy (non-hydrogen) atoms. The average molecular weight is 228 g/mol. The Morgan fingerprint density at radius 1 is 1.19 bits per heavy atom. The molecule has 0 unspecified atom stereocenters. The van der Waals surface area contributed by atoms with Crippen molar-refractivity contribution in [2.45, 2.75) is 69.5 Å². The first kappa shape index (κ1) is 10.9. The van der Waals surface area contributed by atoms with E-state index >= 15 is 0 Å². The van der Waals surface area contributed by atoms with Crippen molar-refractivity contribution in [2.24, 2.45) is 0 Å². The van der Waals surface area contributed by atoms with Gasteiger partial charge in [0.2, 0.25) is 0 Å². The highest BCUT2D eigenvalue weighted by atomic mass is 16.8. The van der Waals surface area contributed by atoms with Crippen molar-refractivity contribution in [2.75, 3.05) is 0 Å². The lowest BCUT2D eigenvalue weighted by molar-refractivity contribution is -0.300. The van der Waals surface area contributed by atoms with Crippen LogP contribution in [0.1, 0.15) is 46.0 Å². The molecule has 0 amide bonds. The van der Waals surface area contributed by atoms with Crippen molar-refractivity contribution in [1.82, 2.24) is 10.1 Å². The number of aliphatic hydroxyl groups is 1. The van der Waals surface area contributed by atoms with Crippen LogP contribution in [-0.2, 0) is 4.84 Å². The molecule has 5 heteroatoms. The van der Waals surface area contributed by atoms with Gasteiger partial charge in [0.15, 0.2) is 5.79 Å². The summed E-state index contributed by atoms with van der Waals surface area (Å²) in [5.74, 6) is -1.15. The van der Waals surface area contributed by atoms with Crippen LogP contribution < -0.4 is 0 Å². The van der Waals surface area contributed by atoms with E-state index < -0.39 is 11.4 Å². The number of fused-ring (bicyclic) bond motifs is 3. The maximum Gasteiger partial charge on any atom is 0.185 e. The zero-order valence-electron chi connectivity index (χ0n) is 9.89. The number of hydrogen-bond donors (Lipinski definition) is 2. The fourth-order valence-electron chi connectivity index (χ4n) is 3.66.